The molecule has 2 aromatic heterocycles. The van der Waals surface area contributed by atoms with Crippen molar-refractivity contribution in [3.05, 3.63) is 17.3 Å². The Bertz CT molecular complexity index is 532. The Morgan fingerprint density at radius 3 is 2.94 bits per heavy atom. The summed E-state index contributed by atoms with van der Waals surface area (Å²) in [7, 11) is 0. The van der Waals surface area contributed by atoms with Crippen LogP contribution in [-0.4, -0.2) is 25.2 Å². The Balaban J connectivity index is 1.88. The molecule has 1 aliphatic rings. The molecule has 3 rings (SSSR count). The molecule has 6 nitrogen and oxygen atoms in total. The predicted molar refractivity (Wildman–Crippen MR) is 63.9 cm³/mol. The molecular formula is C9H9ClN6S. The number of rotatable bonds is 3. The number of nitrogens with zero attached hydrogens (tertiary/aromatic N) is 5. The van der Waals surface area contributed by atoms with Gasteiger partial charge in [-0.05, 0) is 47.2 Å². The number of nitrogen functional groups attached to an aromatic ring is 1. The van der Waals surface area contributed by atoms with E-state index in [1.54, 1.807) is 12.1 Å². The van der Waals surface area contributed by atoms with Gasteiger partial charge in [-0.1, -0.05) is 11.6 Å². The number of nitrogens with two attached hydrogens (primary N) is 1. The summed E-state index contributed by atoms with van der Waals surface area (Å²) in [5.41, 5.74) is 6.28. The first-order chi connectivity index (χ1) is 8.22. The monoisotopic (exact) mass is 268 g/mol. The largest absolute Gasteiger partial charge is 0.399 e. The minimum Gasteiger partial charge on any atom is -0.399 e. The molecule has 0 amide bonds. The van der Waals surface area contributed by atoms with E-state index in [4.69, 9.17) is 17.3 Å². The minimum atomic E-state index is 0.373. The van der Waals surface area contributed by atoms with E-state index in [0.717, 1.165) is 18.0 Å². The molecule has 0 radical (unpaired) electrons. The Hall–Kier alpha value is -1.34. The fourth-order valence-corrected chi connectivity index (χ4v) is 2.59. The number of aromatic nitrogens is 5. The Morgan fingerprint density at radius 1 is 1.41 bits per heavy atom. The number of hydrogen-bond acceptors (Lipinski definition) is 6. The molecular weight excluding hydrogens is 260 g/mol. The second-order valence-corrected chi connectivity index (χ2v) is 5.18. The Labute approximate surface area is 107 Å². The normalized spacial score (nSPS) is 15.1. The van der Waals surface area contributed by atoms with Gasteiger partial charge in [0.15, 0.2) is 0 Å². The van der Waals surface area contributed by atoms with E-state index in [1.165, 1.54) is 11.8 Å². The van der Waals surface area contributed by atoms with Crippen molar-refractivity contribution in [2.75, 3.05) is 5.73 Å². The summed E-state index contributed by atoms with van der Waals surface area (Å²) in [6.45, 7) is 0. The highest BCUT2D eigenvalue weighted by Crippen LogP contribution is 2.37. The van der Waals surface area contributed by atoms with E-state index in [2.05, 4.69) is 20.5 Å². The molecule has 2 aromatic rings. The third-order valence-electron chi connectivity index (χ3n) is 2.34. The number of pyridine rings is 1. The SMILES string of the molecule is Nc1cc(Cl)nc(Sc2nnnn2C2CC2)c1. The van der Waals surface area contributed by atoms with Crippen LogP contribution in [-0.2, 0) is 0 Å². The molecule has 0 spiro atoms. The zero-order valence-corrected chi connectivity index (χ0v) is 10.3. The molecule has 1 saturated carbocycles. The van der Waals surface area contributed by atoms with Crippen molar-refractivity contribution in [3.63, 3.8) is 0 Å². The molecule has 0 bridgehead atoms. The van der Waals surface area contributed by atoms with E-state index < -0.39 is 0 Å². The average Bonchev–Trinajstić information content (AvgIpc) is 2.99. The first-order valence-electron chi connectivity index (χ1n) is 5.11. The van der Waals surface area contributed by atoms with Crippen LogP contribution in [0.3, 0.4) is 0 Å². The topological polar surface area (TPSA) is 82.5 Å². The van der Waals surface area contributed by atoms with Crippen LogP contribution >= 0.6 is 23.4 Å². The van der Waals surface area contributed by atoms with Crippen LogP contribution in [0.15, 0.2) is 22.3 Å². The predicted octanol–water partition coefficient (Wildman–Crippen LogP) is 1.79. The molecule has 1 fully saturated rings. The van der Waals surface area contributed by atoms with E-state index >= 15 is 0 Å². The lowest BCUT2D eigenvalue weighted by atomic mass is 10.4. The van der Waals surface area contributed by atoms with Gasteiger partial charge in [0.2, 0.25) is 5.16 Å². The Morgan fingerprint density at radius 2 is 2.24 bits per heavy atom. The van der Waals surface area contributed by atoms with Gasteiger partial charge in [-0.3, -0.25) is 0 Å². The number of tetrazole rings is 1. The second kappa shape index (κ2) is 4.15. The van der Waals surface area contributed by atoms with Crippen molar-refractivity contribution in [2.45, 2.75) is 29.1 Å². The average molecular weight is 269 g/mol. The number of hydrogen-bond donors (Lipinski definition) is 1. The standard InChI is InChI=1S/C9H9ClN6S/c10-7-3-5(11)4-8(12-7)17-9-13-14-15-16(9)6-1-2-6/h3-4,6H,1-2H2,(H2,11,12). The molecule has 0 aromatic carbocycles. The highest BCUT2D eigenvalue weighted by atomic mass is 35.5. The molecule has 88 valence electrons. The van der Waals surface area contributed by atoms with Gasteiger partial charge in [-0.25, -0.2) is 9.67 Å². The van der Waals surface area contributed by atoms with Crippen molar-refractivity contribution >= 4 is 29.1 Å². The van der Waals surface area contributed by atoms with Gasteiger partial charge in [-0.2, -0.15) is 0 Å². The maximum Gasteiger partial charge on any atom is 0.215 e. The Kier molecular flexibility index (Phi) is 2.64. The third kappa shape index (κ3) is 2.34. The van der Waals surface area contributed by atoms with Gasteiger partial charge in [0, 0.05) is 5.69 Å². The van der Waals surface area contributed by atoms with Crippen LogP contribution in [0, 0.1) is 0 Å². The van der Waals surface area contributed by atoms with Crippen LogP contribution in [0.1, 0.15) is 18.9 Å². The summed E-state index contributed by atoms with van der Waals surface area (Å²) < 4.78 is 1.82. The second-order valence-electron chi connectivity index (χ2n) is 3.80. The van der Waals surface area contributed by atoms with Crippen molar-refractivity contribution < 1.29 is 0 Å². The van der Waals surface area contributed by atoms with Crippen LogP contribution in [0.2, 0.25) is 5.15 Å². The van der Waals surface area contributed by atoms with Gasteiger partial charge in [0.25, 0.3) is 0 Å². The van der Waals surface area contributed by atoms with Crippen molar-refractivity contribution in [1.29, 1.82) is 0 Å². The van der Waals surface area contributed by atoms with Crippen molar-refractivity contribution in [1.82, 2.24) is 25.2 Å². The maximum atomic E-state index is 5.84. The molecule has 0 aliphatic heterocycles. The molecule has 0 saturated heterocycles. The lowest BCUT2D eigenvalue weighted by molar-refractivity contribution is 0.565. The first-order valence-corrected chi connectivity index (χ1v) is 6.30. The van der Waals surface area contributed by atoms with Crippen molar-refractivity contribution in [2.24, 2.45) is 0 Å². The van der Waals surface area contributed by atoms with E-state index in [-0.39, 0.29) is 0 Å². The van der Waals surface area contributed by atoms with E-state index in [1.807, 2.05) is 4.68 Å². The summed E-state index contributed by atoms with van der Waals surface area (Å²) >= 11 is 7.21. The van der Waals surface area contributed by atoms with Gasteiger partial charge in [-0.15, -0.1) is 5.10 Å². The molecule has 2 heterocycles. The highest BCUT2D eigenvalue weighted by molar-refractivity contribution is 7.99. The molecule has 8 heteroatoms. The molecule has 0 unspecified atom stereocenters. The fraction of sp³-hybridized carbons (Fsp3) is 0.333. The summed E-state index contributed by atoms with van der Waals surface area (Å²) in [6.07, 6.45) is 2.26. The summed E-state index contributed by atoms with van der Waals surface area (Å²) in [4.78, 5) is 4.17. The van der Waals surface area contributed by atoms with Crippen LogP contribution in [0.5, 0.6) is 0 Å². The van der Waals surface area contributed by atoms with Crippen molar-refractivity contribution in [3.8, 4) is 0 Å². The van der Waals surface area contributed by atoms with E-state index in [9.17, 15) is 0 Å². The lowest BCUT2D eigenvalue weighted by Crippen LogP contribution is -1.99. The molecule has 17 heavy (non-hydrogen) atoms. The minimum absolute atomic E-state index is 0.373. The quantitative estimate of drug-likeness (QED) is 0.855. The third-order valence-corrected chi connectivity index (χ3v) is 3.41. The maximum absolute atomic E-state index is 5.84. The summed E-state index contributed by atoms with van der Waals surface area (Å²) in [6, 6.07) is 3.79. The molecule has 1 aliphatic carbocycles. The number of anilines is 1. The fourth-order valence-electron chi connectivity index (χ4n) is 1.44. The smallest absolute Gasteiger partial charge is 0.215 e. The lowest BCUT2D eigenvalue weighted by Gasteiger charge is -2.02. The van der Waals surface area contributed by atoms with Crippen LogP contribution in [0.25, 0.3) is 0 Å². The van der Waals surface area contributed by atoms with Crippen LogP contribution < -0.4 is 5.73 Å². The molecule has 2 N–H and O–H groups in total. The highest BCUT2D eigenvalue weighted by Gasteiger charge is 2.28. The van der Waals surface area contributed by atoms with Crippen LogP contribution in [0.4, 0.5) is 5.69 Å². The van der Waals surface area contributed by atoms with Gasteiger partial charge < -0.3 is 5.73 Å². The zero-order chi connectivity index (χ0) is 11.8. The first kappa shape index (κ1) is 10.8. The zero-order valence-electron chi connectivity index (χ0n) is 8.75. The van der Waals surface area contributed by atoms with E-state index in [0.29, 0.717) is 21.9 Å². The van der Waals surface area contributed by atoms with Gasteiger partial charge >= 0.3 is 0 Å². The summed E-state index contributed by atoms with van der Waals surface area (Å²) in [5, 5.41) is 13.4. The summed E-state index contributed by atoms with van der Waals surface area (Å²) in [5.74, 6) is 0. The molecule has 0 atom stereocenters. The van der Waals surface area contributed by atoms with Gasteiger partial charge in [0.05, 0.1) is 6.04 Å². The van der Waals surface area contributed by atoms with Gasteiger partial charge in [0.1, 0.15) is 10.2 Å². The number of halogens is 1.